The molecular formula is C51H60ClN13O10S. The first kappa shape index (κ1) is 53.4. The number of amides is 5. The van der Waals surface area contributed by atoms with Crippen LogP contribution in [-0.4, -0.2) is 164 Å². The van der Waals surface area contributed by atoms with Gasteiger partial charge in [0.1, 0.15) is 28.1 Å². The molecule has 6 heterocycles. The molecule has 76 heavy (non-hydrogen) atoms. The fraction of sp³-hybridized carbons (Fsp3) is 0.431. The largest absolute Gasteiger partial charge is 0.494 e. The molecule has 0 radical (unpaired) electrons. The van der Waals surface area contributed by atoms with E-state index in [4.69, 9.17) is 25.8 Å². The van der Waals surface area contributed by atoms with Crippen LogP contribution in [0.1, 0.15) is 60.5 Å². The van der Waals surface area contributed by atoms with E-state index in [2.05, 4.69) is 62.6 Å². The van der Waals surface area contributed by atoms with Crippen molar-refractivity contribution in [3.63, 3.8) is 0 Å². The number of rotatable bonds is 20. The first-order valence-electron chi connectivity index (χ1n) is 25.2. The Morgan fingerprint density at radius 1 is 0.908 bits per heavy atom. The molecule has 4 aliphatic heterocycles. The van der Waals surface area contributed by atoms with E-state index >= 15 is 0 Å². The Bertz CT molecular complexity index is 3140. The number of piperazine rings is 1. The number of hydrogen-bond acceptors (Lipinski definition) is 18. The van der Waals surface area contributed by atoms with Gasteiger partial charge in [-0.25, -0.2) is 13.4 Å². The highest BCUT2D eigenvalue weighted by Gasteiger charge is 2.40. The van der Waals surface area contributed by atoms with Gasteiger partial charge in [-0.15, -0.1) is 0 Å². The molecule has 1 atom stereocenters. The van der Waals surface area contributed by atoms with Gasteiger partial charge in [0.2, 0.25) is 33.7 Å². The standard InChI is InChI=1S/C51H60ClN13O10S/c1-4-31-26-38(58-51-56-28-35(52)48(60-51)57-37-9-8-36-46(55-16-15-53-36)47(37)61-76(3,71)72)42(73-2)27-40(31)63-18-12-32(13-19-63)62-20-22-64(23-21-62)45(68)14-24-74-25-17-54-44(67)30-75-41-7-5-6-33-34(41)29-65(50(33)70)39-10-11-43(66)59-49(39)69/h5-9,15-16,26-28,32,39,61H,4,10-14,17-25,29-30H2,1-3H3,(H,54,67)(H,59,66,69)(H2,56,57,58,60). The number of fused-ring (bicyclic) bond motifs is 2. The van der Waals surface area contributed by atoms with Gasteiger partial charge >= 0.3 is 0 Å². The lowest BCUT2D eigenvalue weighted by Gasteiger charge is -2.43. The second-order valence-electron chi connectivity index (χ2n) is 18.8. The third kappa shape index (κ3) is 12.5. The van der Waals surface area contributed by atoms with Crippen molar-refractivity contribution in [1.29, 1.82) is 0 Å². The summed E-state index contributed by atoms with van der Waals surface area (Å²) in [5.74, 6) is -0.0935. The molecule has 2 aromatic heterocycles. The maximum Gasteiger partial charge on any atom is 0.258 e. The average Bonchev–Trinajstić information content (AvgIpc) is 3.76. The molecule has 3 saturated heterocycles. The number of aryl methyl sites for hydroxylation is 1. The fourth-order valence-electron chi connectivity index (χ4n) is 10.0. The maximum atomic E-state index is 13.1. The smallest absolute Gasteiger partial charge is 0.258 e. The Balaban J connectivity index is 0.694. The topological polar surface area (TPSA) is 272 Å². The number of benzene rings is 3. The first-order valence-corrected chi connectivity index (χ1v) is 27.4. The van der Waals surface area contributed by atoms with Gasteiger partial charge in [0.15, 0.2) is 12.4 Å². The number of carbonyl (C=O) groups is 5. The summed E-state index contributed by atoms with van der Waals surface area (Å²) in [6.07, 6.45) is 8.84. The second kappa shape index (κ2) is 23.6. The number of sulfonamides is 1. The van der Waals surface area contributed by atoms with Crippen LogP contribution < -0.4 is 40.4 Å². The van der Waals surface area contributed by atoms with E-state index in [0.717, 1.165) is 62.9 Å². The number of nitrogens with one attached hydrogen (secondary N) is 5. The number of nitrogens with zero attached hydrogens (tertiary/aromatic N) is 8. The summed E-state index contributed by atoms with van der Waals surface area (Å²) in [4.78, 5) is 88.8. The molecule has 0 aliphatic carbocycles. The molecule has 5 N–H and O–H groups in total. The molecule has 4 aliphatic rings. The Morgan fingerprint density at radius 3 is 2.45 bits per heavy atom. The normalized spacial score (nSPS) is 17.3. The molecule has 9 rings (SSSR count). The van der Waals surface area contributed by atoms with Gasteiger partial charge in [0.25, 0.3) is 11.8 Å². The highest BCUT2D eigenvalue weighted by Crippen LogP contribution is 2.39. The summed E-state index contributed by atoms with van der Waals surface area (Å²) in [6.45, 7) is 7.20. The molecule has 0 bridgehead atoms. The van der Waals surface area contributed by atoms with Gasteiger partial charge in [-0.1, -0.05) is 24.6 Å². The number of piperidine rings is 2. The number of methoxy groups -OCH3 is 1. The summed E-state index contributed by atoms with van der Waals surface area (Å²) in [7, 11) is -2.08. The van der Waals surface area contributed by atoms with Crippen molar-refractivity contribution in [3.05, 3.63) is 82.8 Å². The van der Waals surface area contributed by atoms with Crippen LogP contribution in [0.15, 0.2) is 61.1 Å². The number of halogens is 1. The Hall–Kier alpha value is -7.41. The monoisotopic (exact) mass is 1080 g/mol. The fourth-order valence-corrected chi connectivity index (χ4v) is 10.7. The van der Waals surface area contributed by atoms with E-state index in [0.29, 0.717) is 64.2 Å². The van der Waals surface area contributed by atoms with Crippen LogP contribution in [0.2, 0.25) is 5.02 Å². The lowest BCUT2D eigenvalue weighted by Crippen LogP contribution is -2.54. The Morgan fingerprint density at radius 2 is 1.70 bits per heavy atom. The number of aromatic nitrogens is 4. The summed E-state index contributed by atoms with van der Waals surface area (Å²) in [6, 6.07) is 12.1. The van der Waals surface area contributed by atoms with Crippen LogP contribution >= 0.6 is 11.6 Å². The molecule has 3 aromatic carbocycles. The molecule has 5 aromatic rings. The third-order valence-corrected chi connectivity index (χ3v) is 14.7. The number of imide groups is 1. The summed E-state index contributed by atoms with van der Waals surface area (Å²) < 4.78 is 44.6. The summed E-state index contributed by atoms with van der Waals surface area (Å²) in [5, 5.41) is 11.7. The zero-order valence-corrected chi connectivity index (χ0v) is 44.0. The number of ether oxygens (including phenoxy) is 3. The molecule has 1 unspecified atom stereocenters. The minimum absolute atomic E-state index is 0.0328. The maximum absolute atomic E-state index is 13.1. The van der Waals surface area contributed by atoms with Crippen LogP contribution in [0.25, 0.3) is 11.0 Å². The number of anilines is 6. The first-order chi connectivity index (χ1) is 36.7. The second-order valence-corrected chi connectivity index (χ2v) is 20.9. The third-order valence-electron chi connectivity index (χ3n) is 13.9. The quantitative estimate of drug-likeness (QED) is 0.0545. The van der Waals surface area contributed by atoms with Gasteiger partial charge < -0.3 is 44.9 Å². The Labute approximate surface area is 444 Å². The molecule has 0 saturated carbocycles. The van der Waals surface area contributed by atoms with E-state index < -0.39 is 22.0 Å². The van der Waals surface area contributed by atoms with Crippen LogP contribution in [0, 0.1) is 0 Å². The van der Waals surface area contributed by atoms with Gasteiger partial charge in [0, 0.05) is 93.6 Å². The molecule has 0 spiro atoms. The Kier molecular flexibility index (Phi) is 16.6. The van der Waals surface area contributed by atoms with Gasteiger partial charge in [-0.2, -0.15) is 4.98 Å². The molecule has 402 valence electrons. The minimum Gasteiger partial charge on any atom is -0.494 e. The van der Waals surface area contributed by atoms with Crippen LogP contribution in [0.5, 0.6) is 11.5 Å². The lowest BCUT2D eigenvalue weighted by atomic mass is 9.99. The van der Waals surface area contributed by atoms with E-state index in [9.17, 15) is 32.4 Å². The number of carbonyl (C=O) groups excluding carboxylic acids is 5. The zero-order valence-electron chi connectivity index (χ0n) is 42.4. The van der Waals surface area contributed by atoms with Gasteiger partial charge in [-0.3, -0.25) is 48.9 Å². The van der Waals surface area contributed by atoms with Crippen molar-refractivity contribution < 1.29 is 46.6 Å². The van der Waals surface area contributed by atoms with E-state index in [1.807, 2.05) is 17.0 Å². The SMILES string of the molecule is CCc1cc(Nc2ncc(Cl)c(Nc3ccc4nccnc4c3NS(C)(=O)=O)n2)c(OC)cc1N1CCC(N2CCN(C(=O)CCOCCNC(=O)COc3cccc4c3CN(C3CCC(=O)NC3=O)C4=O)CC2)CC1. The predicted molar refractivity (Wildman–Crippen MR) is 284 cm³/mol. The zero-order chi connectivity index (χ0) is 53.5. The van der Waals surface area contributed by atoms with E-state index in [1.54, 1.807) is 37.4 Å². The highest BCUT2D eigenvalue weighted by molar-refractivity contribution is 7.92. The van der Waals surface area contributed by atoms with Crippen LogP contribution in [0.4, 0.5) is 34.5 Å². The van der Waals surface area contributed by atoms with Crippen molar-refractivity contribution >= 4 is 96.7 Å². The van der Waals surface area contributed by atoms with Crippen molar-refractivity contribution in [1.82, 2.24) is 45.3 Å². The van der Waals surface area contributed by atoms with Gasteiger partial charge in [-0.05, 0) is 61.6 Å². The molecule has 5 amide bonds. The number of hydrogen-bond donors (Lipinski definition) is 5. The lowest BCUT2D eigenvalue weighted by molar-refractivity contribution is -0.137. The van der Waals surface area contributed by atoms with E-state index in [-0.39, 0.29) is 98.3 Å². The van der Waals surface area contributed by atoms with Crippen molar-refractivity contribution in [2.45, 2.75) is 64.1 Å². The summed E-state index contributed by atoms with van der Waals surface area (Å²) >= 11 is 6.57. The van der Waals surface area contributed by atoms with Crippen molar-refractivity contribution in [2.75, 3.05) is 99.3 Å². The van der Waals surface area contributed by atoms with Crippen molar-refractivity contribution in [2.24, 2.45) is 0 Å². The van der Waals surface area contributed by atoms with E-state index in [1.165, 1.54) is 23.5 Å². The van der Waals surface area contributed by atoms with Gasteiger partial charge in [0.05, 0.1) is 68.3 Å². The average molecular weight is 1080 g/mol. The molecule has 25 heteroatoms. The minimum atomic E-state index is -3.69. The predicted octanol–water partition coefficient (Wildman–Crippen LogP) is 3.98. The highest BCUT2D eigenvalue weighted by atomic mass is 35.5. The van der Waals surface area contributed by atoms with Crippen LogP contribution in [-0.2, 0) is 46.9 Å². The van der Waals surface area contributed by atoms with Crippen LogP contribution in [0.3, 0.4) is 0 Å². The molecule has 23 nitrogen and oxygen atoms in total. The van der Waals surface area contributed by atoms with Crippen molar-refractivity contribution in [3.8, 4) is 11.5 Å². The molecular weight excluding hydrogens is 1020 g/mol. The molecule has 3 fully saturated rings. The summed E-state index contributed by atoms with van der Waals surface area (Å²) in [5.41, 5.74) is 5.26.